The van der Waals surface area contributed by atoms with Crippen molar-refractivity contribution in [2.45, 2.75) is 89.1 Å². The number of amides is 1. The fourth-order valence-electron chi connectivity index (χ4n) is 5.81. The number of fused-ring (bicyclic) bond motifs is 1. The number of hydrogen-bond donors (Lipinski definition) is 2. The van der Waals surface area contributed by atoms with Crippen LogP contribution in [-0.2, 0) is 21.6 Å². The molecule has 1 amide bonds. The second-order valence-corrected chi connectivity index (χ2v) is 11.1. The van der Waals surface area contributed by atoms with Gasteiger partial charge in [0.15, 0.2) is 12.4 Å². The number of ether oxygens (including phenoxy) is 2. The van der Waals surface area contributed by atoms with E-state index in [1.807, 2.05) is 24.3 Å². The number of anilines is 3. The first-order valence-electron chi connectivity index (χ1n) is 13.8. The van der Waals surface area contributed by atoms with Crippen LogP contribution in [0.4, 0.5) is 30.5 Å². The second-order valence-electron chi connectivity index (χ2n) is 11.1. The van der Waals surface area contributed by atoms with Gasteiger partial charge in [0, 0.05) is 13.6 Å². The van der Waals surface area contributed by atoms with Crippen molar-refractivity contribution >= 4 is 29.3 Å². The first kappa shape index (κ1) is 28.0. The molecule has 0 bridgehead atoms. The number of rotatable bonds is 6. The van der Waals surface area contributed by atoms with Gasteiger partial charge in [0.25, 0.3) is 6.02 Å². The number of carbonyl (C=O) groups is 1. The van der Waals surface area contributed by atoms with E-state index in [-0.39, 0.29) is 37.4 Å². The zero-order valence-corrected chi connectivity index (χ0v) is 23.0. The molecule has 1 saturated carbocycles. The molecule has 1 aromatic heterocycles. The van der Waals surface area contributed by atoms with E-state index in [1.54, 1.807) is 20.9 Å². The number of alkyl halides is 3. The van der Waals surface area contributed by atoms with E-state index in [0.717, 1.165) is 36.3 Å². The standard InChI is InChI=1S/C28H35F3N6O3/c1-27(2)22-23(33-3)34-21(16-39-26(32)36-15-7-10-20(36)28(29,30)31)35-24(22)37(25(27)38)17-11-13-19(14-12-17)40-18-8-5-4-6-9-18/h11-14,18,20,32H,4-10,15-16H2,1-3H3,(H,33,34,35). The lowest BCUT2D eigenvalue weighted by atomic mass is 9.87. The minimum absolute atomic E-state index is 0.0782. The molecule has 1 saturated heterocycles. The van der Waals surface area contributed by atoms with E-state index < -0.39 is 23.7 Å². The maximum absolute atomic E-state index is 13.7. The fraction of sp³-hybridized carbons (Fsp3) is 0.571. The molecule has 216 valence electrons. The van der Waals surface area contributed by atoms with Crippen LogP contribution < -0.4 is 15.0 Å². The Morgan fingerprint density at radius 2 is 1.80 bits per heavy atom. The van der Waals surface area contributed by atoms with Crippen LogP contribution in [0.1, 0.15) is 70.2 Å². The summed E-state index contributed by atoms with van der Waals surface area (Å²) in [5.41, 5.74) is 0.281. The number of nitrogens with one attached hydrogen (secondary N) is 2. The number of halogens is 3. The summed E-state index contributed by atoms with van der Waals surface area (Å²) in [6.45, 7) is 3.37. The molecule has 3 heterocycles. The predicted octanol–water partition coefficient (Wildman–Crippen LogP) is 5.66. The predicted molar refractivity (Wildman–Crippen MR) is 144 cm³/mol. The molecule has 1 atom stereocenters. The average molecular weight is 561 g/mol. The summed E-state index contributed by atoms with van der Waals surface area (Å²) in [6.07, 6.45) is 1.64. The third-order valence-corrected chi connectivity index (χ3v) is 7.93. The Kier molecular flexibility index (Phi) is 7.54. The summed E-state index contributed by atoms with van der Waals surface area (Å²) in [7, 11) is 1.67. The molecule has 2 aliphatic heterocycles. The Morgan fingerprint density at radius 3 is 2.45 bits per heavy atom. The molecule has 2 fully saturated rings. The lowest BCUT2D eigenvalue weighted by Crippen LogP contribution is -2.45. The first-order chi connectivity index (χ1) is 19.0. The van der Waals surface area contributed by atoms with Gasteiger partial charge >= 0.3 is 6.18 Å². The number of amidine groups is 1. The minimum Gasteiger partial charge on any atom is -0.490 e. The van der Waals surface area contributed by atoms with Gasteiger partial charge in [-0.05, 0) is 76.6 Å². The SMILES string of the molecule is CNc1nc(COC(=N)N2CCCC2C(F)(F)F)nc2c1C(C)(C)C(=O)N2c1ccc(OC2CCCCC2)cc1. The van der Waals surface area contributed by atoms with Crippen molar-refractivity contribution in [2.75, 3.05) is 23.8 Å². The molecule has 5 rings (SSSR count). The normalized spacial score (nSPS) is 20.9. The molecule has 3 aliphatic rings. The summed E-state index contributed by atoms with van der Waals surface area (Å²) in [5.74, 6) is 1.48. The number of benzene rings is 1. The Labute approximate surface area is 231 Å². The highest BCUT2D eigenvalue weighted by atomic mass is 19.4. The summed E-state index contributed by atoms with van der Waals surface area (Å²) in [4.78, 5) is 25.2. The molecule has 0 radical (unpaired) electrons. The molecule has 9 nitrogen and oxygen atoms in total. The van der Waals surface area contributed by atoms with Crippen LogP contribution in [-0.4, -0.2) is 58.7 Å². The van der Waals surface area contributed by atoms with Crippen LogP contribution in [0, 0.1) is 5.41 Å². The summed E-state index contributed by atoms with van der Waals surface area (Å²) in [6, 6.07) is 5.02. The average Bonchev–Trinajstić information content (AvgIpc) is 3.50. The van der Waals surface area contributed by atoms with Crippen LogP contribution >= 0.6 is 0 Å². The molecule has 40 heavy (non-hydrogen) atoms. The van der Waals surface area contributed by atoms with E-state index in [4.69, 9.17) is 14.9 Å². The lowest BCUT2D eigenvalue weighted by Gasteiger charge is -2.27. The van der Waals surface area contributed by atoms with E-state index >= 15 is 0 Å². The molecule has 0 spiro atoms. The van der Waals surface area contributed by atoms with Crippen molar-refractivity contribution < 1.29 is 27.4 Å². The van der Waals surface area contributed by atoms with E-state index in [1.165, 1.54) is 11.3 Å². The third kappa shape index (κ3) is 5.27. The van der Waals surface area contributed by atoms with Crippen LogP contribution in [0.5, 0.6) is 5.75 Å². The second kappa shape index (κ2) is 10.8. The summed E-state index contributed by atoms with van der Waals surface area (Å²) in [5, 5.41) is 11.2. The quantitative estimate of drug-likeness (QED) is 0.347. The molecule has 1 aromatic carbocycles. The van der Waals surface area contributed by atoms with E-state index in [2.05, 4.69) is 15.3 Å². The van der Waals surface area contributed by atoms with Crippen molar-refractivity contribution in [1.82, 2.24) is 14.9 Å². The molecule has 1 unspecified atom stereocenters. The highest BCUT2D eigenvalue weighted by Gasteiger charge is 2.49. The summed E-state index contributed by atoms with van der Waals surface area (Å²) < 4.78 is 51.7. The summed E-state index contributed by atoms with van der Waals surface area (Å²) >= 11 is 0. The molecular formula is C28H35F3N6O3. The minimum atomic E-state index is -4.45. The highest BCUT2D eigenvalue weighted by molar-refractivity contribution is 6.12. The van der Waals surface area contributed by atoms with Crippen molar-refractivity contribution in [2.24, 2.45) is 0 Å². The lowest BCUT2D eigenvalue weighted by molar-refractivity contribution is -0.169. The Morgan fingerprint density at radius 1 is 1.10 bits per heavy atom. The van der Waals surface area contributed by atoms with Gasteiger partial charge in [-0.1, -0.05) is 6.42 Å². The fourth-order valence-corrected chi connectivity index (χ4v) is 5.81. The monoisotopic (exact) mass is 560 g/mol. The zero-order valence-electron chi connectivity index (χ0n) is 23.0. The largest absolute Gasteiger partial charge is 0.490 e. The topological polar surface area (TPSA) is 104 Å². The van der Waals surface area contributed by atoms with Gasteiger partial charge in [-0.3, -0.25) is 15.1 Å². The highest BCUT2D eigenvalue weighted by Crippen LogP contribution is 2.47. The zero-order chi connectivity index (χ0) is 28.7. The maximum Gasteiger partial charge on any atom is 0.408 e. The van der Waals surface area contributed by atoms with Gasteiger partial charge in [0.05, 0.1) is 22.8 Å². The van der Waals surface area contributed by atoms with Gasteiger partial charge in [-0.2, -0.15) is 13.2 Å². The van der Waals surface area contributed by atoms with Crippen molar-refractivity contribution in [3.63, 3.8) is 0 Å². The van der Waals surface area contributed by atoms with Gasteiger partial charge in [-0.15, -0.1) is 0 Å². The van der Waals surface area contributed by atoms with Crippen LogP contribution in [0.15, 0.2) is 24.3 Å². The number of likely N-dealkylation sites (tertiary alicyclic amines) is 1. The van der Waals surface area contributed by atoms with E-state index in [0.29, 0.717) is 29.3 Å². The van der Waals surface area contributed by atoms with Crippen LogP contribution in [0.25, 0.3) is 0 Å². The maximum atomic E-state index is 13.7. The van der Waals surface area contributed by atoms with Crippen LogP contribution in [0.2, 0.25) is 0 Å². The Bertz CT molecular complexity index is 1260. The Hall–Kier alpha value is -3.57. The van der Waals surface area contributed by atoms with Gasteiger partial charge in [-0.25, -0.2) is 9.97 Å². The number of hydrogen-bond acceptors (Lipinski definition) is 7. The number of carbonyl (C=O) groups excluding carboxylic acids is 1. The first-order valence-corrected chi connectivity index (χ1v) is 13.8. The van der Waals surface area contributed by atoms with Crippen molar-refractivity contribution in [1.29, 1.82) is 5.41 Å². The Balaban J connectivity index is 1.39. The molecular weight excluding hydrogens is 525 g/mol. The number of nitrogens with zero attached hydrogens (tertiary/aromatic N) is 4. The van der Waals surface area contributed by atoms with Gasteiger partial charge in [0.1, 0.15) is 23.4 Å². The molecule has 2 N–H and O–H groups in total. The van der Waals surface area contributed by atoms with E-state index in [9.17, 15) is 18.0 Å². The van der Waals surface area contributed by atoms with Gasteiger partial charge < -0.3 is 19.7 Å². The van der Waals surface area contributed by atoms with Crippen molar-refractivity contribution in [3.05, 3.63) is 35.7 Å². The molecule has 1 aliphatic carbocycles. The third-order valence-electron chi connectivity index (χ3n) is 7.93. The number of aromatic nitrogens is 2. The van der Waals surface area contributed by atoms with Crippen LogP contribution in [0.3, 0.4) is 0 Å². The van der Waals surface area contributed by atoms with Crippen molar-refractivity contribution in [3.8, 4) is 5.75 Å². The molecule has 2 aromatic rings. The van der Waals surface area contributed by atoms with Gasteiger partial charge in [0.2, 0.25) is 5.91 Å². The smallest absolute Gasteiger partial charge is 0.408 e. The molecule has 12 heteroatoms.